The highest BCUT2D eigenvalue weighted by Crippen LogP contribution is 2.41. The number of amides is 1. The fraction of sp³-hybridized carbons (Fsp3) is 0.765. The van der Waals surface area contributed by atoms with E-state index in [-0.39, 0.29) is 5.41 Å². The lowest BCUT2D eigenvalue weighted by atomic mass is 9.85. The zero-order chi connectivity index (χ0) is 16.4. The monoisotopic (exact) mass is 321 g/mol. The van der Waals surface area contributed by atoms with Gasteiger partial charge in [-0.2, -0.15) is 0 Å². The van der Waals surface area contributed by atoms with E-state index in [1.54, 1.807) is 7.11 Å². The number of aromatic nitrogens is 1. The van der Waals surface area contributed by atoms with Crippen LogP contribution >= 0.6 is 0 Å². The van der Waals surface area contributed by atoms with E-state index in [9.17, 15) is 4.79 Å². The standard InChI is InChI=1S/C17H27N3O3/c1-13(2)15-10-14(23-18-15)11-19-6-4-17(12-19)5-7-20(16(17)21)8-9-22-3/h10,13H,4-9,11-12H2,1-3H3. The van der Waals surface area contributed by atoms with Crippen LogP contribution in [0, 0.1) is 5.41 Å². The minimum absolute atomic E-state index is 0.186. The molecule has 6 nitrogen and oxygen atoms in total. The van der Waals surface area contributed by atoms with E-state index < -0.39 is 0 Å². The SMILES string of the molecule is COCCN1CCC2(CCN(Cc3cc(C(C)C)no3)C2)C1=O. The third-order valence-electron chi connectivity index (χ3n) is 5.15. The first kappa shape index (κ1) is 16.5. The highest BCUT2D eigenvalue weighted by atomic mass is 16.5. The molecule has 0 aromatic carbocycles. The van der Waals surface area contributed by atoms with Gasteiger partial charge in [0.1, 0.15) is 0 Å². The van der Waals surface area contributed by atoms with Crippen LogP contribution in [0.3, 0.4) is 0 Å². The molecule has 2 saturated heterocycles. The van der Waals surface area contributed by atoms with Gasteiger partial charge in [0.15, 0.2) is 5.76 Å². The molecule has 2 aliphatic rings. The third kappa shape index (κ3) is 3.28. The number of hydrogen-bond acceptors (Lipinski definition) is 5. The Morgan fingerprint density at radius 1 is 1.39 bits per heavy atom. The third-order valence-corrected chi connectivity index (χ3v) is 5.15. The zero-order valence-corrected chi connectivity index (χ0v) is 14.4. The molecule has 0 saturated carbocycles. The summed E-state index contributed by atoms with van der Waals surface area (Å²) >= 11 is 0. The molecule has 0 aliphatic carbocycles. The van der Waals surface area contributed by atoms with Crippen molar-refractivity contribution in [3.8, 4) is 0 Å². The van der Waals surface area contributed by atoms with Gasteiger partial charge in [-0.05, 0) is 25.3 Å². The van der Waals surface area contributed by atoms with E-state index in [2.05, 4.69) is 23.9 Å². The van der Waals surface area contributed by atoms with Crippen LogP contribution in [0.2, 0.25) is 0 Å². The number of hydrogen-bond donors (Lipinski definition) is 0. The average molecular weight is 321 g/mol. The number of carbonyl (C=O) groups is 1. The second-order valence-corrected chi connectivity index (χ2v) is 7.15. The second-order valence-electron chi connectivity index (χ2n) is 7.15. The van der Waals surface area contributed by atoms with Gasteiger partial charge >= 0.3 is 0 Å². The van der Waals surface area contributed by atoms with Crippen molar-refractivity contribution in [1.29, 1.82) is 0 Å². The van der Waals surface area contributed by atoms with Crippen LogP contribution in [0.15, 0.2) is 10.6 Å². The van der Waals surface area contributed by atoms with Crippen molar-refractivity contribution in [2.75, 3.05) is 39.9 Å². The minimum atomic E-state index is -0.186. The van der Waals surface area contributed by atoms with E-state index in [0.29, 0.717) is 25.0 Å². The Hall–Kier alpha value is -1.40. The Bertz CT molecular complexity index is 557. The molecule has 3 heterocycles. The van der Waals surface area contributed by atoms with Crippen LogP contribution in [-0.2, 0) is 16.1 Å². The van der Waals surface area contributed by atoms with Crippen molar-refractivity contribution in [1.82, 2.24) is 15.0 Å². The van der Waals surface area contributed by atoms with Crippen molar-refractivity contribution in [2.45, 2.75) is 39.2 Å². The van der Waals surface area contributed by atoms with Gasteiger partial charge in [0.05, 0.1) is 24.3 Å². The summed E-state index contributed by atoms with van der Waals surface area (Å²) in [6, 6.07) is 2.04. The first-order valence-corrected chi connectivity index (χ1v) is 8.50. The molecule has 2 fully saturated rings. The van der Waals surface area contributed by atoms with Gasteiger partial charge < -0.3 is 14.2 Å². The van der Waals surface area contributed by atoms with Gasteiger partial charge in [-0.15, -0.1) is 0 Å². The normalized spacial score (nSPS) is 25.4. The molecular formula is C17H27N3O3. The van der Waals surface area contributed by atoms with Crippen molar-refractivity contribution < 1.29 is 14.1 Å². The summed E-state index contributed by atoms with van der Waals surface area (Å²) in [5, 5.41) is 4.12. The molecule has 6 heteroatoms. The highest BCUT2D eigenvalue weighted by Gasteiger charge is 2.50. The van der Waals surface area contributed by atoms with Crippen molar-refractivity contribution in [2.24, 2.45) is 5.41 Å². The van der Waals surface area contributed by atoms with Crippen molar-refractivity contribution in [3.63, 3.8) is 0 Å². The minimum Gasteiger partial charge on any atom is -0.383 e. The average Bonchev–Trinajstić information content (AvgIpc) is 3.21. The lowest BCUT2D eigenvalue weighted by Crippen LogP contribution is -2.38. The maximum absolute atomic E-state index is 12.7. The van der Waals surface area contributed by atoms with Gasteiger partial charge in [0.2, 0.25) is 5.91 Å². The summed E-state index contributed by atoms with van der Waals surface area (Å²) in [5.41, 5.74) is 0.811. The van der Waals surface area contributed by atoms with Crippen molar-refractivity contribution >= 4 is 5.91 Å². The molecule has 2 aliphatic heterocycles. The number of carbonyl (C=O) groups excluding carboxylic acids is 1. The summed E-state index contributed by atoms with van der Waals surface area (Å²) in [6.45, 7) is 8.91. The number of methoxy groups -OCH3 is 1. The van der Waals surface area contributed by atoms with E-state index in [1.165, 1.54) is 0 Å². The number of rotatable bonds is 6. The first-order valence-electron chi connectivity index (χ1n) is 8.50. The molecule has 1 amide bonds. The Kier molecular flexibility index (Phi) is 4.73. The van der Waals surface area contributed by atoms with Crippen molar-refractivity contribution in [3.05, 3.63) is 17.5 Å². The molecule has 1 unspecified atom stereocenters. The van der Waals surface area contributed by atoms with Crippen LogP contribution in [0.5, 0.6) is 0 Å². The summed E-state index contributed by atoms with van der Waals surface area (Å²) < 4.78 is 10.5. The fourth-order valence-electron chi connectivity index (χ4n) is 3.68. The van der Waals surface area contributed by atoms with Crippen LogP contribution in [-0.4, -0.2) is 60.8 Å². The molecule has 128 valence electrons. The fourth-order valence-corrected chi connectivity index (χ4v) is 3.68. The number of nitrogens with zero attached hydrogens (tertiary/aromatic N) is 3. The molecule has 0 N–H and O–H groups in total. The maximum Gasteiger partial charge on any atom is 0.230 e. The van der Waals surface area contributed by atoms with Crippen LogP contribution in [0.4, 0.5) is 0 Å². The molecule has 1 atom stereocenters. The summed E-state index contributed by atoms with van der Waals surface area (Å²) in [7, 11) is 1.68. The predicted octanol–water partition coefficient (Wildman–Crippen LogP) is 1.87. The van der Waals surface area contributed by atoms with Gasteiger partial charge in [-0.25, -0.2) is 0 Å². The van der Waals surface area contributed by atoms with E-state index in [4.69, 9.17) is 9.26 Å². The highest BCUT2D eigenvalue weighted by molar-refractivity contribution is 5.85. The number of ether oxygens (including phenoxy) is 1. The molecule has 1 spiro atoms. The Labute approximate surface area is 137 Å². The topological polar surface area (TPSA) is 58.8 Å². The van der Waals surface area contributed by atoms with Crippen LogP contribution in [0.25, 0.3) is 0 Å². The number of likely N-dealkylation sites (tertiary alicyclic amines) is 2. The quantitative estimate of drug-likeness (QED) is 0.800. The van der Waals surface area contributed by atoms with Gasteiger partial charge in [-0.3, -0.25) is 9.69 Å². The van der Waals surface area contributed by atoms with Gasteiger partial charge in [-0.1, -0.05) is 19.0 Å². The summed E-state index contributed by atoms with van der Waals surface area (Å²) in [6.07, 6.45) is 1.90. The largest absolute Gasteiger partial charge is 0.383 e. The molecule has 1 aromatic heterocycles. The second kappa shape index (κ2) is 6.61. The first-order chi connectivity index (χ1) is 11.0. The Morgan fingerprint density at radius 2 is 2.17 bits per heavy atom. The summed E-state index contributed by atoms with van der Waals surface area (Å²) in [5.74, 6) is 1.58. The molecule has 0 radical (unpaired) electrons. The maximum atomic E-state index is 12.7. The van der Waals surface area contributed by atoms with Crippen LogP contribution < -0.4 is 0 Å². The van der Waals surface area contributed by atoms with Crippen LogP contribution in [0.1, 0.15) is 44.1 Å². The Morgan fingerprint density at radius 3 is 2.87 bits per heavy atom. The summed E-state index contributed by atoms with van der Waals surface area (Å²) in [4.78, 5) is 17.0. The lowest BCUT2D eigenvalue weighted by molar-refractivity contribution is -0.136. The van der Waals surface area contributed by atoms with E-state index in [1.807, 2.05) is 11.0 Å². The van der Waals surface area contributed by atoms with E-state index >= 15 is 0 Å². The molecule has 1 aromatic rings. The van der Waals surface area contributed by atoms with Gasteiger partial charge in [0, 0.05) is 32.8 Å². The smallest absolute Gasteiger partial charge is 0.230 e. The molecular weight excluding hydrogens is 294 g/mol. The Balaban J connectivity index is 1.58. The van der Waals surface area contributed by atoms with Gasteiger partial charge in [0.25, 0.3) is 0 Å². The van der Waals surface area contributed by atoms with E-state index in [0.717, 1.165) is 50.5 Å². The molecule has 23 heavy (non-hydrogen) atoms. The molecule has 0 bridgehead atoms. The lowest BCUT2D eigenvalue weighted by Gasteiger charge is -2.23. The zero-order valence-electron chi connectivity index (χ0n) is 14.4. The predicted molar refractivity (Wildman–Crippen MR) is 86.0 cm³/mol. The molecule has 3 rings (SSSR count).